The van der Waals surface area contributed by atoms with Gasteiger partial charge in [0, 0.05) is 6.61 Å². The van der Waals surface area contributed by atoms with E-state index in [1.165, 1.54) is 0 Å². The maximum atomic E-state index is 8.07. The van der Waals surface area contributed by atoms with Gasteiger partial charge in [0.05, 0.1) is 0 Å². The minimum atomic E-state index is 0. The fraction of sp³-hybridized carbons (Fsp3) is 1.00. The van der Waals surface area contributed by atoms with Gasteiger partial charge in [-0.3, -0.25) is 0 Å². The Hall–Kier alpha value is 1.56. The first-order valence-electron chi connectivity index (χ1n) is 2.02. The van der Waals surface area contributed by atoms with E-state index in [1.54, 1.807) is 0 Å². The van der Waals surface area contributed by atoms with Crippen LogP contribution in [-0.2, 0) is 0 Å². The van der Waals surface area contributed by atoms with Crippen molar-refractivity contribution in [3.63, 3.8) is 0 Å². The van der Waals surface area contributed by atoms with Crippen LogP contribution in [0, 0.1) is 0 Å². The summed E-state index contributed by atoms with van der Waals surface area (Å²) >= 11 is 0. The molecule has 0 aliphatic rings. The molecule has 2 nitrogen and oxygen atoms in total. The molecule has 0 bridgehead atoms. The first-order valence-corrected chi connectivity index (χ1v) is 2.02. The fourth-order valence-electron chi connectivity index (χ4n) is 0.158. The van der Waals surface area contributed by atoms with Crippen LogP contribution in [0.25, 0.3) is 0 Å². The molecule has 0 aliphatic carbocycles. The molecule has 0 radical (unpaired) electrons. The Bertz CT molecular complexity index is 17.2. The summed E-state index contributed by atoms with van der Waals surface area (Å²) in [7, 11) is 0. The molecule has 0 saturated heterocycles. The van der Waals surface area contributed by atoms with Crippen molar-refractivity contribution in [2.24, 2.45) is 0 Å². The van der Waals surface area contributed by atoms with Gasteiger partial charge in [-0.05, 0) is 6.42 Å². The van der Waals surface area contributed by atoms with Crippen molar-refractivity contribution in [2.75, 3.05) is 6.61 Å². The van der Waals surface area contributed by atoms with E-state index in [1.807, 2.05) is 0 Å². The third-order valence-corrected chi connectivity index (χ3v) is 0.512. The Labute approximate surface area is 87.0 Å². The summed E-state index contributed by atoms with van der Waals surface area (Å²) in [4.78, 5) is 0. The van der Waals surface area contributed by atoms with Crippen LogP contribution in [0.2, 0.25) is 0 Å². The molecule has 0 fully saturated rings. The van der Waals surface area contributed by atoms with Crippen molar-refractivity contribution in [3.05, 3.63) is 0 Å². The number of hydrogen-bond donors (Lipinski definition) is 1. The van der Waals surface area contributed by atoms with Crippen LogP contribution in [0.15, 0.2) is 0 Å². The normalized spacial score (nSPS) is 6.00. The summed E-state index contributed by atoms with van der Waals surface area (Å²) in [5.74, 6) is 0. The second kappa shape index (κ2) is 15.6. The van der Waals surface area contributed by atoms with Crippen LogP contribution in [0.5, 0.6) is 0 Å². The number of aliphatic hydroxyl groups excluding tert-OH is 1. The molecule has 40 valence electrons. The Morgan fingerprint density at radius 2 is 1.86 bits per heavy atom. The third kappa shape index (κ3) is 18.4. The predicted octanol–water partition coefficient (Wildman–Crippen LogP) is -2.39. The molecule has 0 atom stereocenters. The van der Waals surface area contributed by atoms with Gasteiger partial charge in [-0.2, -0.15) is 0 Å². The minimum absolute atomic E-state index is 0. The van der Waals surface area contributed by atoms with Gasteiger partial charge in [0.2, 0.25) is 0 Å². The summed E-state index contributed by atoms with van der Waals surface area (Å²) < 4.78 is 0. The van der Waals surface area contributed by atoms with E-state index < -0.39 is 0 Å². The Morgan fingerprint density at radius 1 is 1.43 bits per heavy atom. The first-order chi connectivity index (χ1) is 2.41. The molecule has 0 saturated carbocycles. The fourth-order valence-corrected chi connectivity index (χ4v) is 0.158. The van der Waals surface area contributed by atoms with Crippen molar-refractivity contribution < 1.29 is 62.0 Å². The maximum absolute atomic E-state index is 8.07. The first kappa shape index (κ1) is 15.8. The van der Waals surface area contributed by atoms with Gasteiger partial charge in [-0.1, -0.05) is 13.3 Å². The zero-order valence-electron chi connectivity index (χ0n) is 5.02. The van der Waals surface area contributed by atoms with Gasteiger partial charge >= 0.3 is 51.4 Å². The van der Waals surface area contributed by atoms with Crippen molar-refractivity contribution in [3.8, 4) is 0 Å². The van der Waals surface area contributed by atoms with Crippen molar-refractivity contribution in [1.29, 1.82) is 0 Å². The topological polar surface area (TPSA) is 50.2 Å². The molecule has 0 spiro atoms. The molecule has 7 heavy (non-hydrogen) atoms. The van der Waals surface area contributed by atoms with E-state index in [4.69, 9.17) is 5.11 Å². The summed E-state index contributed by atoms with van der Waals surface area (Å²) in [5, 5.41) is 8.07. The van der Waals surface area contributed by atoms with Crippen LogP contribution in [0.4, 0.5) is 0 Å². The van der Waals surface area contributed by atoms with E-state index in [2.05, 4.69) is 6.92 Å². The van der Waals surface area contributed by atoms with Crippen molar-refractivity contribution >= 4 is 0 Å². The van der Waals surface area contributed by atoms with Gasteiger partial charge in [-0.15, -0.1) is 0 Å². The van der Waals surface area contributed by atoms with Gasteiger partial charge in [-0.25, -0.2) is 0 Å². The van der Waals surface area contributed by atoms with Gasteiger partial charge in [0.15, 0.2) is 0 Å². The number of hydrogen-bond acceptors (Lipinski definition) is 2. The summed E-state index contributed by atoms with van der Waals surface area (Å²) in [6.45, 7) is 2.40. The molecule has 2 N–H and O–H groups in total. The molecule has 0 amide bonds. The van der Waals surface area contributed by atoms with Crippen molar-refractivity contribution in [2.45, 2.75) is 19.8 Å². The summed E-state index contributed by atoms with van der Waals surface area (Å²) in [5.41, 5.74) is 0. The molecule has 0 aromatic carbocycles. The molecule has 0 aliphatic heterocycles. The molecular weight excluding hydrogens is 119 g/mol. The van der Waals surface area contributed by atoms with E-state index in [0.717, 1.165) is 12.8 Å². The van der Waals surface area contributed by atoms with Crippen LogP contribution in [0.1, 0.15) is 19.8 Å². The molecular formula is C4H11KO2. The zero-order valence-corrected chi connectivity index (χ0v) is 8.14. The molecule has 0 unspecified atom stereocenters. The van der Waals surface area contributed by atoms with E-state index >= 15 is 0 Å². The second-order valence-electron chi connectivity index (χ2n) is 1.08. The third-order valence-electron chi connectivity index (χ3n) is 0.512. The van der Waals surface area contributed by atoms with Gasteiger partial charge in [0.1, 0.15) is 0 Å². The second-order valence-corrected chi connectivity index (χ2v) is 1.08. The number of aliphatic hydroxyl groups is 1. The van der Waals surface area contributed by atoms with Gasteiger partial charge in [0.25, 0.3) is 0 Å². The number of unbranched alkanes of at least 4 members (excludes halogenated alkanes) is 1. The van der Waals surface area contributed by atoms with Crippen LogP contribution in [0.3, 0.4) is 0 Å². The molecule has 0 aromatic rings. The molecule has 0 aromatic heterocycles. The Balaban J connectivity index is -0.0000000800. The average molecular weight is 130 g/mol. The largest absolute Gasteiger partial charge is 1.00 e. The predicted molar refractivity (Wildman–Crippen MR) is 23.9 cm³/mol. The van der Waals surface area contributed by atoms with Crippen molar-refractivity contribution in [1.82, 2.24) is 0 Å². The van der Waals surface area contributed by atoms with Crippen LogP contribution in [-0.4, -0.2) is 17.2 Å². The Kier molecular flexibility index (Phi) is 35.4. The van der Waals surface area contributed by atoms with E-state index in [9.17, 15) is 0 Å². The minimum Gasteiger partial charge on any atom is -0.870 e. The number of rotatable bonds is 2. The summed E-state index contributed by atoms with van der Waals surface area (Å²) in [6, 6.07) is 0. The van der Waals surface area contributed by atoms with E-state index in [-0.39, 0.29) is 56.9 Å². The quantitative estimate of drug-likeness (QED) is 0.424. The van der Waals surface area contributed by atoms with E-state index in [0.29, 0.717) is 6.61 Å². The average Bonchev–Trinajstić information content (AvgIpc) is 1.41. The smallest absolute Gasteiger partial charge is 0.870 e. The SMILES string of the molecule is CCCCO.[K+].[OH-]. The van der Waals surface area contributed by atoms with Gasteiger partial charge < -0.3 is 10.6 Å². The molecule has 0 heterocycles. The van der Waals surface area contributed by atoms with Crippen LogP contribution >= 0.6 is 0 Å². The monoisotopic (exact) mass is 130 g/mol. The standard InChI is InChI=1S/C4H10O.K.H2O/c1-2-3-4-5;;/h5H,2-4H2,1H3;;1H2/q;+1;/p-1. The zero-order chi connectivity index (χ0) is 4.12. The molecule has 0 rings (SSSR count). The van der Waals surface area contributed by atoms with Crippen LogP contribution < -0.4 is 51.4 Å². The molecule has 3 heteroatoms. The Morgan fingerprint density at radius 3 is 1.86 bits per heavy atom. The summed E-state index contributed by atoms with van der Waals surface area (Å²) in [6.07, 6.45) is 2.04. The maximum Gasteiger partial charge on any atom is 1.00 e.